The van der Waals surface area contributed by atoms with Crippen LogP contribution in [0.15, 0.2) is 40.5 Å². The molecule has 0 aliphatic heterocycles. The van der Waals surface area contributed by atoms with Gasteiger partial charge in [-0.1, -0.05) is 12.1 Å². The largest absolute Gasteiger partial charge is 0.507 e. The molecule has 0 spiro atoms. The summed E-state index contributed by atoms with van der Waals surface area (Å²) >= 11 is 1.36. The van der Waals surface area contributed by atoms with E-state index in [9.17, 15) is 14.7 Å². The topological polar surface area (TPSA) is 109 Å². The van der Waals surface area contributed by atoms with Crippen LogP contribution >= 0.6 is 11.3 Å². The second-order valence-electron chi connectivity index (χ2n) is 4.97. The van der Waals surface area contributed by atoms with Gasteiger partial charge in [0.15, 0.2) is 0 Å². The van der Waals surface area contributed by atoms with Gasteiger partial charge >= 0.3 is 0 Å². The molecule has 0 atom stereocenters. The van der Waals surface area contributed by atoms with Gasteiger partial charge < -0.3 is 15.8 Å². The number of hydrogen-bond donors (Lipinski definition) is 3. The van der Waals surface area contributed by atoms with Crippen LogP contribution in [-0.4, -0.2) is 21.0 Å². The summed E-state index contributed by atoms with van der Waals surface area (Å²) in [6, 6.07) is 8.35. The van der Waals surface area contributed by atoms with Crippen molar-refractivity contribution in [1.29, 1.82) is 0 Å². The first-order chi connectivity index (χ1) is 11.0. The highest BCUT2D eigenvalue weighted by atomic mass is 32.1. The van der Waals surface area contributed by atoms with Crippen molar-refractivity contribution < 1.29 is 9.90 Å². The molecule has 0 saturated carbocycles. The minimum atomic E-state index is -0.788. The standard InChI is InChI=1S/C16H13N3O3S/c1-8-10(6-11(14(17)21)15(22)18-8)12-7-23-16(19-12)9-4-2-3-5-13(9)20/h2-7,20H,1H3,(H2,17,21)(H,18,22). The molecule has 3 aromatic rings. The molecule has 1 aromatic carbocycles. The first-order valence-electron chi connectivity index (χ1n) is 6.75. The molecule has 0 unspecified atom stereocenters. The SMILES string of the molecule is Cc1[nH]c(=O)c(C(N)=O)cc1-c1csc(-c2ccccc2O)n1. The number of carbonyl (C=O) groups excluding carboxylic acids is 1. The summed E-state index contributed by atoms with van der Waals surface area (Å²) in [5.41, 5.74) is 7.03. The van der Waals surface area contributed by atoms with E-state index in [2.05, 4.69) is 9.97 Å². The van der Waals surface area contributed by atoms with Crippen molar-refractivity contribution >= 4 is 17.2 Å². The normalized spacial score (nSPS) is 10.7. The van der Waals surface area contributed by atoms with Gasteiger partial charge in [-0.15, -0.1) is 11.3 Å². The van der Waals surface area contributed by atoms with Gasteiger partial charge in [0, 0.05) is 16.6 Å². The molecule has 3 rings (SSSR count). The zero-order valence-electron chi connectivity index (χ0n) is 12.2. The molecule has 0 fully saturated rings. The third kappa shape index (κ3) is 2.74. The number of nitrogens with one attached hydrogen (secondary N) is 1. The van der Waals surface area contributed by atoms with E-state index in [4.69, 9.17) is 5.73 Å². The van der Waals surface area contributed by atoms with Crippen LogP contribution in [0.2, 0.25) is 0 Å². The molecule has 23 heavy (non-hydrogen) atoms. The summed E-state index contributed by atoms with van der Waals surface area (Å²) in [7, 11) is 0. The van der Waals surface area contributed by atoms with E-state index in [0.29, 0.717) is 27.5 Å². The Morgan fingerprint density at radius 2 is 2.04 bits per heavy atom. The van der Waals surface area contributed by atoms with Crippen LogP contribution in [0.25, 0.3) is 21.8 Å². The van der Waals surface area contributed by atoms with Gasteiger partial charge in [-0.3, -0.25) is 9.59 Å². The fraction of sp³-hybridized carbons (Fsp3) is 0.0625. The molecule has 2 aromatic heterocycles. The minimum absolute atomic E-state index is 0.109. The van der Waals surface area contributed by atoms with Crippen LogP contribution in [-0.2, 0) is 0 Å². The molecule has 4 N–H and O–H groups in total. The minimum Gasteiger partial charge on any atom is -0.507 e. The van der Waals surface area contributed by atoms with Crippen LogP contribution in [0.5, 0.6) is 5.75 Å². The molecule has 2 heterocycles. The average molecular weight is 327 g/mol. The number of nitrogens with two attached hydrogens (primary N) is 1. The van der Waals surface area contributed by atoms with Crippen LogP contribution in [0.1, 0.15) is 16.1 Å². The molecular formula is C16H13N3O3S. The number of aryl methyl sites for hydroxylation is 1. The van der Waals surface area contributed by atoms with E-state index in [1.165, 1.54) is 17.4 Å². The van der Waals surface area contributed by atoms with Gasteiger partial charge in [-0.25, -0.2) is 4.98 Å². The molecule has 0 saturated heterocycles. The Morgan fingerprint density at radius 1 is 1.30 bits per heavy atom. The van der Waals surface area contributed by atoms with Gasteiger partial charge in [0.05, 0.1) is 11.3 Å². The highest BCUT2D eigenvalue weighted by Crippen LogP contribution is 2.34. The smallest absolute Gasteiger partial charge is 0.261 e. The number of primary amides is 1. The Balaban J connectivity index is 2.11. The van der Waals surface area contributed by atoms with Crippen molar-refractivity contribution in [3.63, 3.8) is 0 Å². The first kappa shape index (κ1) is 15.0. The number of pyridine rings is 1. The Morgan fingerprint density at radius 3 is 2.74 bits per heavy atom. The zero-order chi connectivity index (χ0) is 16.6. The van der Waals surface area contributed by atoms with E-state index in [0.717, 1.165) is 0 Å². The maximum atomic E-state index is 11.7. The van der Waals surface area contributed by atoms with Crippen molar-refractivity contribution in [2.24, 2.45) is 5.73 Å². The number of carbonyl (C=O) groups is 1. The molecule has 6 nitrogen and oxygen atoms in total. The number of H-pyrrole nitrogens is 1. The number of rotatable bonds is 3. The molecule has 0 aliphatic carbocycles. The van der Waals surface area contributed by atoms with Gasteiger partial charge in [-0.2, -0.15) is 0 Å². The maximum Gasteiger partial charge on any atom is 0.261 e. The fourth-order valence-electron chi connectivity index (χ4n) is 2.25. The van der Waals surface area contributed by atoms with Gasteiger partial charge in [-0.05, 0) is 25.1 Å². The number of phenols is 1. The number of benzene rings is 1. The highest BCUT2D eigenvalue weighted by Gasteiger charge is 2.15. The number of aromatic hydroxyl groups is 1. The molecule has 1 amide bonds. The average Bonchev–Trinajstić information content (AvgIpc) is 2.96. The quantitative estimate of drug-likeness (QED) is 0.685. The van der Waals surface area contributed by atoms with Crippen molar-refractivity contribution in [2.45, 2.75) is 6.92 Å². The zero-order valence-corrected chi connectivity index (χ0v) is 13.0. The highest BCUT2D eigenvalue weighted by molar-refractivity contribution is 7.13. The van der Waals surface area contributed by atoms with Crippen molar-refractivity contribution in [1.82, 2.24) is 9.97 Å². The van der Waals surface area contributed by atoms with Gasteiger partial charge in [0.25, 0.3) is 11.5 Å². The molecule has 116 valence electrons. The number of amides is 1. The summed E-state index contributed by atoms with van der Waals surface area (Å²) in [6.45, 7) is 1.72. The molecular weight excluding hydrogens is 314 g/mol. The lowest BCUT2D eigenvalue weighted by Gasteiger charge is -2.04. The second kappa shape index (κ2) is 5.69. The van der Waals surface area contributed by atoms with Crippen molar-refractivity contribution in [3.8, 4) is 27.6 Å². The van der Waals surface area contributed by atoms with Crippen LogP contribution < -0.4 is 11.3 Å². The summed E-state index contributed by atoms with van der Waals surface area (Å²) in [6.07, 6.45) is 0. The summed E-state index contributed by atoms with van der Waals surface area (Å²) in [5.74, 6) is -0.645. The van der Waals surface area contributed by atoms with Crippen LogP contribution in [0.4, 0.5) is 0 Å². The summed E-state index contributed by atoms with van der Waals surface area (Å²) in [4.78, 5) is 30.2. The number of thiazole rings is 1. The Labute approximate surface area is 135 Å². The Kier molecular flexibility index (Phi) is 3.71. The first-order valence-corrected chi connectivity index (χ1v) is 7.63. The van der Waals surface area contributed by atoms with Crippen molar-refractivity contribution in [2.75, 3.05) is 0 Å². The summed E-state index contributed by atoms with van der Waals surface area (Å²) < 4.78 is 0. The third-order valence-electron chi connectivity index (χ3n) is 3.42. The maximum absolute atomic E-state index is 11.7. The second-order valence-corrected chi connectivity index (χ2v) is 5.83. The molecule has 0 aliphatic rings. The molecule has 0 bridgehead atoms. The summed E-state index contributed by atoms with van der Waals surface area (Å²) in [5, 5.41) is 12.4. The monoisotopic (exact) mass is 327 g/mol. The van der Waals surface area contributed by atoms with E-state index in [1.807, 2.05) is 6.07 Å². The number of aromatic amines is 1. The predicted molar refractivity (Wildman–Crippen MR) is 88.5 cm³/mol. The molecule has 7 heteroatoms. The lowest BCUT2D eigenvalue weighted by Crippen LogP contribution is -2.24. The number of para-hydroxylation sites is 1. The molecule has 0 radical (unpaired) electrons. The lowest BCUT2D eigenvalue weighted by atomic mass is 10.1. The number of aromatic nitrogens is 2. The van der Waals surface area contributed by atoms with E-state index >= 15 is 0 Å². The number of hydrogen-bond acceptors (Lipinski definition) is 5. The number of nitrogens with zero attached hydrogens (tertiary/aromatic N) is 1. The lowest BCUT2D eigenvalue weighted by molar-refractivity contribution is 0.0999. The van der Waals surface area contributed by atoms with Gasteiger partial charge in [0.1, 0.15) is 16.3 Å². The predicted octanol–water partition coefficient (Wildman–Crippen LogP) is 2.28. The number of phenolic OH excluding ortho intramolecular Hbond substituents is 1. The van der Waals surface area contributed by atoms with E-state index in [-0.39, 0.29) is 11.3 Å². The van der Waals surface area contributed by atoms with E-state index < -0.39 is 11.5 Å². The Bertz CT molecular complexity index is 959. The van der Waals surface area contributed by atoms with Crippen LogP contribution in [0.3, 0.4) is 0 Å². The fourth-order valence-corrected chi connectivity index (χ4v) is 3.10. The van der Waals surface area contributed by atoms with Gasteiger partial charge in [0.2, 0.25) is 0 Å². The van der Waals surface area contributed by atoms with E-state index in [1.54, 1.807) is 30.5 Å². The third-order valence-corrected chi connectivity index (χ3v) is 4.29. The van der Waals surface area contributed by atoms with Crippen LogP contribution in [0, 0.1) is 6.92 Å². The Hall–Kier alpha value is -2.93. The van der Waals surface area contributed by atoms with Crippen molar-refractivity contribution in [3.05, 3.63) is 57.3 Å².